The zero-order chi connectivity index (χ0) is 16.4. The van der Waals surface area contributed by atoms with Crippen molar-refractivity contribution in [2.24, 2.45) is 5.73 Å². The van der Waals surface area contributed by atoms with Crippen molar-refractivity contribution >= 4 is 17.1 Å². The lowest BCUT2D eigenvalue weighted by Crippen LogP contribution is -2.39. The van der Waals surface area contributed by atoms with Crippen LogP contribution in [0.5, 0.6) is 0 Å². The van der Waals surface area contributed by atoms with E-state index in [1.807, 2.05) is 35.7 Å². The summed E-state index contributed by atoms with van der Waals surface area (Å²) in [6.07, 6.45) is 2.97. The van der Waals surface area contributed by atoms with Crippen LogP contribution in [0.1, 0.15) is 46.4 Å². The Morgan fingerprint density at radius 1 is 1.35 bits per heavy atom. The van der Waals surface area contributed by atoms with Gasteiger partial charge in [0.1, 0.15) is 0 Å². The highest BCUT2D eigenvalue weighted by molar-refractivity contribution is 7.10. The molecule has 0 saturated heterocycles. The largest absolute Gasteiger partial charge is 0.311 e. The Kier molecular flexibility index (Phi) is 4.76. The van der Waals surface area contributed by atoms with Crippen molar-refractivity contribution in [2.75, 3.05) is 13.1 Å². The molecule has 0 radical (unpaired) electrons. The van der Waals surface area contributed by atoms with E-state index in [1.54, 1.807) is 11.3 Å². The van der Waals surface area contributed by atoms with E-state index in [4.69, 9.17) is 5.73 Å². The predicted octanol–water partition coefficient (Wildman–Crippen LogP) is 3.76. The van der Waals surface area contributed by atoms with Crippen molar-refractivity contribution < 1.29 is 4.79 Å². The minimum atomic E-state index is -0.114. The van der Waals surface area contributed by atoms with Gasteiger partial charge in [0.2, 0.25) is 0 Å². The molecule has 2 heterocycles. The molecule has 0 amide bonds. The fraction of sp³-hybridized carbons (Fsp3) is 0.316. The number of ketones is 1. The van der Waals surface area contributed by atoms with E-state index >= 15 is 0 Å². The molecule has 0 spiro atoms. The molecule has 3 nitrogen and oxygen atoms in total. The number of nitrogens with two attached hydrogens (primary N) is 1. The third kappa shape index (κ3) is 3.29. The van der Waals surface area contributed by atoms with Gasteiger partial charge in [0.25, 0.3) is 0 Å². The van der Waals surface area contributed by atoms with Crippen LogP contribution in [-0.2, 0) is 6.42 Å². The number of rotatable bonds is 4. The first-order valence-corrected chi connectivity index (χ1v) is 8.79. The highest BCUT2D eigenvalue weighted by Crippen LogP contribution is 2.34. The average Bonchev–Trinajstić information content (AvgIpc) is 2.99. The number of thiophene rings is 1. The molecule has 1 aromatic carbocycles. The number of nitrogens with zero attached hydrogens (tertiary/aromatic N) is 1. The number of allylic oxidation sites excluding steroid dienone is 1. The molecule has 1 aliphatic rings. The Balaban J connectivity index is 1.86. The van der Waals surface area contributed by atoms with Crippen LogP contribution >= 0.6 is 11.3 Å². The highest BCUT2D eigenvalue weighted by atomic mass is 32.1. The van der Waals surface area contributed by atoms with E-state index in [0.717, 1.165) is 41.1 Å². The third-order valence-corrected chi connectivity index (χ3v) is 5.35. The molecule has 3 rings (SSSR count). The van der Waals surface area contributed by atoms with Crippen LogP contribution in [-0.4, -0.2) is 23.8 Å². The van der Waals surface area contributed by atoms with E-state index in [0.29, 0.717) is 0 Å². The summed E-state index contributed by atoms with van der Waals surface area (Å²) < 4.78 is 0. The summed E-state index contributed by atoms with van der Waals surface area (Å²) >= 11 is 1.61. The summed E-state index contributed by atoms with van der Waals surface area (Å²) in [7, 11) is 0. The van der Waals surface area contributed by atoms with Gasteiger partial charge in [-0.05, 0) is 25.8 Å². The van der Waals surface area contributed by atoms with Crippen LogP contribution in [0.25, 0.3) is 0 Å². The van der Waals surface area contributed by atoms with Gasteiger partial charge in [-0.25, -0.2) is 0 Å². The summed E-state index contributed by atoms with van der Waals surface area (Å²) in [5.41, 5.74) is 10.4. The van der Waals surface area contributed by atoms with Crippen molar-refractivity contribution in [3.05, 3.63) is 68.9 Å². The summed E-state index contributed by atoms with van der Waals surface area (Å²) in [5.74, 6) is 0.105. The highest BCUT2D eigenvalue weighted by Gasteiger charge is 2.29. The molecular formula is C19H22N2OS. The molecule has 0 fully saturated rings. The zero-order valence-corrected chi connectivity index (χ0v) is 14.4. The number of hydrogen-bond acceptors (Lipinski definition) is 4. The fourth-order valence-electron chi connectivity index (χ4n) is 2.90. The molecule has 4 heteroatoms. The van der Waals surface area contributed by atoms with Crippen LogP contribution in [0.15, 0.2) is 47.4 Å². The van der Waals surface area contributed by atoms with Crippen LogP contribution in [0.2, 0.25) is 0 Å². The maximum Gasteiger partial charge on any atom is 0.194 e. The Morgan fingerprint density at radius 2 is 2.09 bits per heavy atom. The lowest BCUT2D eigenvalue weighted by atomic mass is 9.96. The van der Waals surface area contributed by atoms with Crippen LogP contribution in [0.3, 0.4) is 0 Å². The van der Waals surface area contributed by atoms with E-state index in [1.165, 1.54) is 5.57 Å². The van der Waals surface area contributed by atoms with Crippen LogP contribution in [0.4, 0.5) is 0 Å². The fourth-order valence-corrected chi connectivity index (χ4v) is 4.04. The summed E-state index contributed by atoms with van der Waals surface area (Å²) in [6.45, 7) is 5.96. The number of fused-ring (bicyclic) bond motifs is 1. The van der Waals surface area contributed by atoms with Gasteiger partial charge < -0.3 is 5.73 Å². The van der Waals surface area contributed by atoms with Gasteiger partial charge >= 0.3 is 0 Å². The molecule has 0 bridgehead atoms. The predicted molar refractivity (Wildman–Crippen MR) is 95.8 cm³/mol. The minimum Gasteiger partial charge on any atom is -0.311 e. The Bertz CT molecular complexity index is 729. The van der Waals surface area contributed by atoms with Gasteiger partial charge in [-0.15, -0.1) is 11.3 Å². The van der Waals surface area contributed by atoms with E-state index in [9.17, 15) is 4.79 Å². The normalized spacial score (nSPS) is 17.6. The molecule has 23 heavy (non-hydrogen) atoms. The summed E-state index contributed by atoms with van der Waals surface area (Å²) in [5, 5.41) is 1.98. The Labute approximate surface area is 141 Å². The van der Waals surface area contributed by atoms with Crippen molar-refractivity contribution in [3.8, 4) is 0 Å². The monoisotopic (exact) mass is 326 g/mol. The second-order valence-electron chi connectivity index (χ2n) is 6.16. The lowest BCUT2D eigenvalue weighted by molar-refractivity contribution is 0.103. The SMILES string of the molecule is CC(C)=CCN1CCc2c(C(=O)c3ccccc3)csc2C1N. The van der Waals surface area contributed by atoms with Gasteiger partial charge in [-0.1, -0.05) is 42.0 Å². The van der Waals surface area contributed by atoms with Crippen molar-refractivity contribution in [1.29, 1.82) is 0 Å². The number of carbonyl (C=O) groups is 1. The molecule has 1 atom stereocenters. The average molecular weight is 326 g/mol. The number of carbonyl (C=O) groups excluding carboxylic acids is 1. The van der Waals surface area contributed by atoms with Gasteiger partial charge in [-0.3, -0.25) is 9.69 Å². The standard InChI is InChI=1S/C19H22N2OS/c1-13(2)8-10-21-11-9-15-16(12-23-18(15)19(21)20)17(22)14-6-4-3-5-7-14/h3-8,12,19H,9-11,20H2,1-2H3. The zero-order valence-electron chi connectivity index (χ0n) is 13.6. The second-order valence-corrected chi connectivity index (χ2v) is 7.07. The number of benzene rings is 1. The van der Waals surface area contributed by atoms with E-state index in [2.05, 4.69) is 24.8 Å². The van der Waals surface area contributed by atoms with E-state index < -0.39 is 0 Å². The van der Waals surface area contributed by atoms with E-state index in [-0.39, 0.29) is 11.9 Å². The molecule has 2 N–H and O–H groups in total. The van der Waals surface area contributed by atoms with Gasteiger partial charge in [0.15, 0.2) is 5.78 Å². The first-order valence-electron chi connectivity index (χ1n) is 7.91. The van der Waals surface area contributed by atoms with Crippen LogP contribution < -0.4 is 5.73 Å². The molecule has 0 saturated carbocycles. The van der Waals surface area contributed by atoms with Gasteiger partial charge in [0.05, 0.1) is 6.17 Å². The van der Waals surface area contributed by atoms with Crippen molar-refractivity contribution in [1.82, 2.24) is 4.90 Å². The quantitative estimate of drug-likeness (QED) is 0.687. The molecule has 120 valence electrons. The van der Waals surface area contributed by atoms with Crippen molar-refractivity contribution in [2.45, 2.75) is 26.4 Å². The molecule has 1 unspecified atom stereocenters. The smallest absolute Gasteiger partial charge is 0.194 e. The maximum atomic E-state index is 12.7. The van der Waals surface area contributed by atoms with Gasteiger partial charge in [0, 0.05) is 34.5 Å². The summed E-state index contributed by atoms with van der Waals surface area (Å²) in [6, 6.07) is 9.47. The van der Waals surface area contributed by atoms with Gasteiger partial charge in [-0.2, -0.15) is 0 Å². The molecule has 1 aromatic heterocycles. The molecule has 0 aliphatic carbocycles. The molecule has 2 aromatic rings. The topological polar surface area (TPSA) is 46.3 Å². The lowest BCUT2D eigenvalue weighted by Gasteiger charge is -2.32. The first kappa shape index (κ1) is 16.1. The number of hydrogen-bond donors (Lipinski definition) is 1. The Hall–Kier alpha value is -1.75. The minimum absolute atomic E-state index is 0.105. The van der Waals surface area contributed by atoms with Crippen molar-refractivity contribution in [3.63, 3.8) is 0 Å². The molecule has 1 aliphatic heterocycles. The second kappa shape index (κ2) is 6.79. The molecular weight excluding hydrogens is 304 g/mol. The Morgan fingerprint density at radius 3 is 2.78 bits per heavy atom. The maximum absolute atomic E-state index is 12.7. The van der Waals surface area contributed by atoms with Crippen LogP contribution in [0, 0.1) is 0 Å². The third-order valence-electron chi connectivity index (χ3n) is 4.25. The first-order chi connectivity index (χ1) is 11.1. The summed E-state index contributed by atoms with van der Waals surface area (Å²) in [4.78, 5) is 16.1.